The molecule has 0 unspecified atom stereocenters. The van der Waals surface area contributed by atoms with E-state index in [0.29, 0.717) is 18.1 Å². The van der Waals surface area contributed by atoms with Crippen LogP contribution in [0.1, 0.15) is 21.5 Å². The van der Waals surface area contributed by atoms with Crippen LogP contribution in [0.5, 0.6) is 0 Å². The number of carbonyl (C=O) groups excluding carboxylic acids is 1. The average molecular weight is 384 g/mol. The number of benzene rings is 2. The molecule has 2 nitrogen and oxygen atoms in total. The Labute approximate surface area is 130 Å². The van der Waals surface area contributed by atoms with E-state index in [0.717, 1.165) is 20.3 Å². The molecule has 19 heavy (non-hydrogen) atoms. The molecule has 96 valence electrons. The van der Waals surface area contributed by atoms with E-state index in [9.17, 15) is 4.79 Å². The summed E-state index contributed by atoms with van der Waals surface area (Å²) in [7, 11) is 0. The van der Waals surface area contributed by atoms with Crippen LogP contribution in [0.4, 0.5) is 0 Å². The maximum absolute atomic E-state index is 12.4. The number of nitrogens with zero attached hydrogens (tertiary/aromatic N) is 1. The van der Waals surface area contributed by atoms with Crippen LogP contribution in [-0.4, -0.2) is 10.8 Å². The van der Waals surface area contributed by atoms with Gasteiger partial charge in [-0.05, 0) is 51.9 Å². The molecule has 0 saturated carbocycles. The lowest BCUT2D eigenvalue weighted by Crippen LogP contribution is -2.23. The molecule has 0 bridgehead atoms. The Hall–Kier alpha value is -1.07. The molecule has 0 spiro atoms. The molecule has 1 aliphatic rings. The van der Waals surface area contributed by atoms with E-state index in [-0.39, 0.29) is 5.91 Å². The molecule has 2 aromatic rings. The van der Waals surface area contributed by atoms with Gasteiger partial charge in [0.2, 0.25) is 0 Å². The van der Waals surface area contributed by atoms with Crippen molar-refractivity contribution in [2.24, 2.45) is 0 Å². The van der Waals surface area contributed by atoms with Gasteiger partial charge in [-0.25, -0.2) is 0 Å². The first kappa shape index (κ1) is 12.9. The number of hydrogen-bond acceptors (Lipinski definition) is 1. The van der Waals surface area contributed by atoms with Crippen LogP contribution in [0.3, 0.4) is 0 Å². The van der Waals surface area contributed by atoms with Gasteiger partial charge in [0, 0.05) is 21.7 Å². The predicted octanol–water partition coefficient (Wildman–Crippen LogP) is 4.10. The molecule has 0 aliphatic carbocycles. The highest BCUT2D eigenvalue weighted by Gasteiger charge is 2.28. The number of fused-ring (bicyclic) bond motifs is 1. The summed E-state index contributed by atoms with van der Waals surface area (Å²) in [5, 5.41) is 0.717. The predicted molar refractivity (Wildman–Crippen MR) is 84.2 cm³/mol. The maximum Gasteiger partial charge on any atom is 0.255 e. The van der Waals surface area contributed by atoms with E-state index >= 15 is 0 Å². The molecular weight excluding hydrogens is 373 g/mol. The fraction of sp³-hybridized carbons (Fsp3) is 0.133. The first-order chi connectivity index (χ1) is 9.15. The van der Waals surface area contributed by atoms with Crippen LogP contribution in [-0.2, 0) is 13.1 Å². The summed E-state index contributed by atoms with van der Waals surface area (Å²) >= 11 is 8.09. The third-order valence-electron chi connectivity index (χ3n) is 3.25. The van der Waals surface area contributed by atoms with Crippen molar-refractivity contribution in [3.8, 4) is 0 Å². The molecule has 0 saturated heterocycles. The SMILES string of the molecule is O=C1c2c(I)cccc2CN1Cc1ccc(Cl)cc1. The van der Waals surface area contributed by atoms with Crippen molar-refractivity contribution in [3.63, 3.8) is 0 Å². The van der Waals surface area contributed by atoms with Crippen molar-refractivity contribution in [1.29, 1.82) is 0 Å². The van der Waals surface area contributed by atoms with Crippen LogP contribution >= 0.6 is 34.2 Å². The number of amides is 1. The molecule has 0 N–H and O–H groups in total. The second kappa shape index (κ2) is 5.13. The highest BCUT2D eigenvalue weighted by molar-refractivity contribution is 14.1. The topological polar surface area (TPSA) is 20.3 Å². The van der Waals surface area contributed by atoms with Gasteiger partial charge < -0.3 is 4.90 Å². The van der Waals surface area contributed by atoms with Crippen molar-refractivity contribution in [2.75, 3.05) is 0 Å². The van der Waals surface area contributed by atoms with Crippen LogP contribution < -0.4 is 0 Å². The van der Waals surface area contributed by atoms with Crippen LogP contribution in [0.25, 0.3) is 0 Å². The van der Waals surface area contributed by atoms with Crippen molar-refractivity contribution >= 4 is 40.1 Å². The third-order valence-corrected chi connectivity index (χ3v) is 4.40. The van der Waals surface area contributed by atoms with Crippen LogP contribution in [0, 0.1) is 3.57 Å². The molecule has 1 amide bonds. The quantitative estimate of drug-likeness (QED) is 0.715. The lowest BCUT2D eigenvalue weighted by Gasteiger charge is -2.15. The summed E-state index contributed by atoms with van der Waals surface area (Å²) in [6, 6.07) is 13.6. The highest BCUT2D eigenvalue weighted by Crippen LogP contribution is 2.28. The van der Waals surface area contributed by atoms with E-state index in [1.54, 1.807) is 0 Å². The zero-order valence-electron chi connectivity index (χ0n) is 10.1. The van der Waals surface area contributed by atoms with Crippen LogP contribution in [0.2, 0.25) is 5.02 Å². The largest absolute Gasteiger partial charge is 0.330 e. The monoisotopic (exact) mass is 383 g/mol. The van der Waals surface area contributed by atoms with E-state index in [2.05, 4.69) is 22.6 Å². The Morgan fingerprint density at radius 3 is 2.58 bits per heavy atom. The van der Waals surface area contributed by atoms with Gasteiger partial charge in [-0.3, -0.25) is 4.79 Å². The lowest BCUT2D eigenvalue weighted by molar-refractivity contribution is 0.0766. The molecule has 4 heteroatoms. The molecule has 3 rings (SSSR count). The Balaban J connectivity index is 1.84. The molecule has 1 heterocycles. The lowest BCUT2D eigenvalue weighted by atomic mass is 10.1. The summed E-state index contributed by atoms with van der Waals surface area (Å²) < 4.78 is 1.03. The summed E-state index contributed by atoms with van der Waals surface area (Å²) in [6.07, 6.45) is 0. The fourth-order valence-corrected chi connectivity index (χ4v) is 3.22. The minimum atomic E-state index is 0.120. The standard InChI is InChI=1S/C15H11ClINO/c16-12-6-4-10(5-7-12)8-18-9-11-2-1-3-13(17)14(11)15(18)19/h1-7H,8-9H2. The van der Waals surface area contributed by atoms with Crippen molar-refractivity contribution in [2.45, 2.75) is 13.1 Å². The first-order valence-electron chi connectivity index (χ1n) is 5.96. The van der Waals surface area contributed by atoms with Gasteiger partial charge in [0.1, 0.15) is 0 Å². The van der Waals surface area contributed by atoms with Crippen molar-refractivity contribution in [3.05, 3.63) is 67.7 Å². The Bertz CT molecular complexity index is 639. The summed E-state index contributed by atoms with van der Waals surface area (Å²) in [6.45, 7) is 1.31. The Morgan fingerprint density at radius 2 is 1.89 bits per heavy atom. The summed E-state index contributed by atoms with van der Waals surface area (Å²) in [5.41, 5.74) is 3.07. The molecule has 0 atom stereocenters. The van der Waals surface area contributed by atoms with Gasteiger partial charge >= 0.3 is 0 Å². The minimum Gasteiger partial charge on any atom is -0.330 e. The molecular formula is C15H11ClINO. The molecule has 0 aromatic heterocycles. The van der Waals surface area contributed by atoms with Crippen molar-refractivity contribution in [1.82, 2.24) is 4.90 Å². The normalized spacial score (nSPS) is 13.8. The average Bonchev–Trinajstić information content (AvgIpc) is 2.71. The van der Waals surface area contributed by atoms with E-state index in [4.69, 9.17) is 11.6 Å². The molecule has 0 fully saturated rings. The minimum absolute atomic E-state index is 0.120. The van der Waals surface area contributed by atoms with Gasteiger partial charge in [-0.15, -0.1) is 0 Å². The molecule has 1 aliphatic heterocycles. The fourth-order valence-electron chi connectivity index (χ4n) is 2.31. The zero-order valence-corrected chi connectivity index (χ0v) is 13.0. The third kappa shape index (κ3) is 2.49. The Morgan fingerprint density at radius 1 is 1.16 bits per heavy atom. The maximum atomic E-state index is 12.4. The smallest absolute Gasteiger partial charge is 0.255 e. The zero-order chi connectivity index (χ0) is 13.4. The molecule has 0 radical (unpaired) electrons. The number of rotatable bonds is 2. The van der Waals surface area contributed by atoms with E-state index in [1.165, 1.54) is 0 Å². The van der Waals surface area contributed by atoms with Gasteiger partial charge in [0.25, 0.3) is 5.91 Å². The number of halogens is 2. The van der Waals surface area contributed by atoms with E-state index < -0.39 is 0 Å². The first-order valence-corrected chi connectivity index (χ1v) is 7.42. The van der Waals surface area contributed by atoms with Gasteiger partial charge in [-0.1, -0.05) is 35.9 Å². The molecule has 2 aromatic carbocycles. The van der Waals surface area contributed by atoms with Crippen molar-refractivity contribution < 1.29 is 4.79 Å². The summed E-state index contributed by atoms with van der Waals surface area (Å²) in [4.78, 5) is 14.3. The van der Waals surface area contributed by atoms with Gasteiger partial charge in [0.05, 0.1) is 5.56 Å². The summed E-state index contributed by atoms with van der Waals surface area (Å²) in [5.74, 6) is 0.120. The second-order valence-corrected chi connectivity index (χ2v) is 6.16. The van der Waals surface area contributed by atoms with Gasteiger partial charge in [-0.2, -0.15) is 0 Å². The Kier molecular flexibility index (Phi) is 3.50. The second-order valence-electron chi connectivity index (χ2n) is 4.56. The van der Waals surface area contributed by atoms with Crippen LogP contribution in [0.15, 0.2) is 42.5 Å². The number of hydrogen-bond donors (Lipinski definition) is 0. The van der Waals surface area contributed by atoms with Gasteiger partial charge in [0.15, 0.2) is 0 Å². The van der Waals surface area contributed by atoms with E-state index in [1.807, 2.05) is 47.4 Å². The highest BCUT2D eigenvalue weighted by atomic mass is 127. The number of carbonyl (C=O) groups is 1.